The summed E-state index contributed by atoms with van der Waals surface area (Å²) in [6.45, 7) is 1.96. The Morgan fingerprint density at radius 1 is 1.33 bits per heavy atom. The highest BCUT2D eigenvalue weighted by molar-refractivity contribution is 8.00. The van der Waals surface area contributed by atoms with Crippen molar-refractivity contribution in [1.29, 1.82) is 0 Å². The highest BCUT2D eigenvalue weighted by Gasteiger charge is 2.39. The molecule has 1 heterocycles. The van der Waals surface area contributed by atoms with Crippen LogP contribution in [0.25, 0.3) is 0 Å². The van der Waals surface area contributed by atoms with Crippen molar-refractivity contribution < 1.29 is 9.59 Å². The van der Waals surface area contributed by atoms with E-state index in [0.717, 1.165) is 5.75 Å². The van der Waals surface area contributed by atoms with Gasteiger partial charge in [0.15, 0.2) is 0 Å². The fourth-order valence-corrected chi connectivity index (χ4v) is 3.03. The largest absolute Gasteiger partial charge is 0.274 e. The van der Waals surface area contributed by atoms with Crippen LogP contribution < -0.4 is 4.90 Å². The molecule has 2 amide bonds. The van der Waals surface area contributed by atoms with Crippen molar-refractivity contribution >= 4 is 52.5 Å². The molecule has 6 heteroatoms. The summed E-state index contributed by atoms with van der Waals surface area (Å²) in [5.41, 5.74) is 0.485. The number of hydrogen-bond donors (Lipinski definition) is 0. The Bertz CT molecular complexity index is 507. The van der Waals surface area contributed by atoms with E-state index >= 15 is 0 Å². The third-order valence-corrected chi connectivity index (χ3v) is 4.48. The molecule has 0 bridgehead atoms. The SMILES string of the molecule is CCS[C@@H]1CC(=O)N(c2ccc(Cl)c(Cl)c2)C1=O. The van der Waals surface area contributed by atoms with Crippen LogP contribution in [0.15, 0.2) is 18.2 Å². The molecule has 0 radical (unpaired) electrons. The van der Waals surface area contributed by atoms with E-state index in [0.29, 0.717) is 15.7 Å². The number of imide groups is 1. The summed E-state index contributed by atoms with van der Waals surface area (Å²) < 4.78 is 0. The van der Waals surface area contributed by atoms with E-state index in [9.17, 15) is 9.59 Å². The van der Waals surface area contributed by atoms with E-state index in [1.807, 2.05) is 6.92 Å². The van der Waals surface area contributed by atoms with Crippen LogP contribution >= 0.6 is 35.0 Å². The maximum Gasteiger partial charge on any atom is 0.247 e. The summed E-state index contributed by atoms with van der Waals surface area (Å²) in [6.07, 6.45) is 0.248. The van der Waals surface area contributed by atoms with Gasteiger partial charge < -0.3 is 0 Å². The fraction of sp³-hybridized carbons (Fsp3) is 0.333. The number of anilines is 1. The van der Waals surface area contributed by atoms with Crippen molar-refractivity contribution in [2.75, 3.05) is 10.7 Å². The first-order chi connectivity index (χ1) is 8.54. The molecule has 0 saturated carbocycles. The number of carbonyl (C=O) groups is 2. The van der Waals surface area contributed by atoms with E-state index in [1.165, 1.54) is 16.7 Å². The lowest BCUT2D eigenvalue weighted by Gasteiger charge is -2.15. The van der Waals surface area contributed by atoms with Crippen molar-refractivity contribution in [3.8, 4) is 0 Å². The van der Waals surface area contributed by atoms with Gasteiger partial charge in [-0.3, -0.25) is 9.59 Å². The zero-order chi connectivity index (χ0) is 13.3. The summed E-state index contributed by atoms with van der Waals surface area (Å²) in [7, 11) is 0. The number of rotatable bonds is 3. The number of amides is 2. The van der Waals surface area contributed by atoms with E-state index in [1.54, 1.807) is 18.2 Å². The third kappa shape index (κ3) is 2.51. The van der Waals surface area contributed by atoms with Gasteiger partial charge >= 0.3 is 0 Å². The number of thioether (sulfide) groups is 1. The summed E-state index contributed by atoms with van der Waals surface area (Å²) in [4.78, 5) is 25.2. The van der Waals surface area contributed by atoms with Crippen LogP contribution in [-0.2, 0) is 9.59 Å². The topological polar surface area (TPSA) is 37.4 Å². The highest BCUT2D eigenvalue weighted by Crippen LogP contribution is 2.33. The summed E-state index contributed by atoms with van der Waals surface area (Å²) >= 11 is 13.2. The quantitative estimate of drug-likeness (QED) is 0.803. The van der Waals surface area contributed by atoms with Gasteiger partial charge in [-0.05, 0) is 24.0 Å². The minimum absolute atomic E-state index is 0.176. The molecule has 0 unspecified atom stereocenters. The van der Waals surface area contributed by atoms with Crippen LogP contribution in [-0.4, -0.2) is 22.8 Å². The summed E-state index contributed by atoms with van der Waals surface area (Å²) in [5, 5.41) is 0.456. The van der Waals surface area contributed by atoms with Crippen LogP contribution in [0.2, 0.25) is 10.0 Å². The summed E-state index contributed by atoms with van der Waals surface area (Å²) in [5.74, 6) is 0.438. The fourth-order valence-electron chi connectivity index (χ4n) is 1.83. The van der Waals surface area contributed by atoms with Gasteiger partial charge in [0.1, 0.15) is 0 Å². The Labute approximate surface area is 119 Å². The van der Waals surface area contributed by atoms with E-state index in [-0.39, 0.29) is 23.5 Å². The molecule has 2 rings (SSSR count). The normalized spacial score (nSPS) is 19.7. The number of hydrogen-bond acceptors (Lipinski definition) is 3. The van der Waals surface area contributed by atoms with Crippen LogP contribution in [0.1, 0.15) is 13.3 Å². The maximum absolute atomic E-state index is 12.1. The Kier molecular flexibility index (Phi) is 4.20. The molecule has 3 nitrogen and oxygen atoms in total. The second-order valence-corrected chi connectivity index (χ2v) is 6.11. The molecular weight excluding hydrogens is 293 g/mol. The first-order valence-electron chi connectivity index (χ1n) is 5.48. The number of nitrogens with zero attached hydrogens (tertiary/aromatic N) is 1. The molecule has 1 fully saturated rings. The van der Waals surface area contributed by atoms with Gasteiger partial charge in [-0.1, -0.05) is 30.1 Å². The lowest BCUT2D eigenvalue weighted by molar-refractivity contribution is -0.121. The Morgan fingerprint density at radius 2 is 2.06 bits per heavy atom. The standard InChI is InChI=1S/C12H11Cl2NO2S/c1-2-18-10-6-11(16)15(12(10)17)7-3-4-8(13)9(14)5-7/h3-5,10H,2,6H2,1H3/t10-/m1/s1. The van der Waals surface area contributed by atoms with E-state index in [2.05, 4.69) is 0 Å². The van der Waals surface area contributed by atoms with Gasteiger partial charge in [-0.2, -0.15) is 0 Å². The molecule has 1 atom stereocenters. The van der Waals surface area contributed by atoms with Gasteiger partial charge in [0, 0.05) is 6.42 Å². The van der Waals surface area contributed by atoms with Gasteiger partial charge in [-0.15, -0.1) is 11.8 Å². The van der Waals surface area contributed by atoms with Crippen molar-refractivity contribution in [2.24, 2.45) is 0 Å². The van der Waals surface area contributed by atoms with Crippen molar-refractivity contribution in [3.63, 3.8) is 0 Å². The molecular formula is C12H11Cl2NO2S. The summed E-state index contributed by atoms with van der Waals surface area (Å²) in [6, 6.07) is 4.75. The molecule has 1 saturated heterocycles. The molecule has 1 aliphatic rings. The van der Waals surface area contributed by atoms with Gasteiger partial charge in [-0.25, -0.2) is 4.90 Å². The predicted octanol–water partition coefficient (Wildman–Crippen LogP) is 3.38. The molecule has 0 N–H and O–H groups in total. The van der Waals surface area contributed by atoms with Gasteiger partial charge in [0.2, 0.25) is 11.8 Å². The monoisotopic (exact) mass is 303 g/mol. The molecule has 1 aromatic rings. The predicted molar refractivity (Wildman–Crippen MR) is 75.5 cm³/mol. The van der Waals surface area contributed by atoms with Crippen LogP contribution in [0.3, 0.4) is 0 Å². The smallest absolute Gasteiger partial charge is 0.247 e. The lowest BCUT2D eigenvalue weighted by Crippen LogP contribution is -2.31. The second kappa shape index (κ2) is 5.51. The van der Waals surface area contributed by atoms with Crippen molar-refractivity contribution in [1.82, 2.24) is 0 Å². The molecule has 0 spiro atoms. The zero-order valence-corrected chi connectivity index (χ0v) is 12.0. The second-order valence-electron chi connectivity index (χ2n) is 3.81. The van der Waals surface area contributed by atoms with E-state index in [4.69, 9.17) is 23.2 Å². The number of carbonyl (C=O) groups excluding carboxylic acids is 2. The Hall–Kier alpha value is -0.710. The lowest BCUT2D eigenvalue weighted by atomic mass is 10.3. The minimum atomic E-state index is -0.281. The zero-order valence-electron chi connectivity index (χ0n) is 9.65. The maximum atomic E-state index is 12.1. The van der Waals surface area contributed by atoms with Gasteiger partial charge in [0.05, 0.1) is 21.0 Å². The molecule has 1 aromatic carbocycles. The first kappa shape index (κ1) is 13.7. The molecule has 0 aliphatic carbocycles. The Morgan fingerprint density at radius 3 is 2.67 bits per heavy atom. The Balaban J connectivity index is 2.30. The van der Waals surface area contributed by atoms with Crippen molar-refractivity contribution in [2.45, 2.75) is 18.6 Å². The molecule has 1 aliphatic heterocycles. The molecule has 18 heavy (non-hydrogen) atoms. The van der Waals surface area contributed by atoms with Crippen LogP contribution in [0, 0.1) is 0 Å². The molecule has 96 valence electrons. The third-order valence-electron chi connectivity index (χ3n) is 2.63. The highest BCUT2D eigenvalue weighted by atomic mass is 35.5. The van der Waals surface area contributed by atoms with E-state index < -0.39 is 0 Å². The first-order valence-corrected chi connectivity index (χ1v) is 7.28. The number of benzene rings is 1. The van der Waals surface area contributed by atoms with Crippen LogP contribution in [0.4, 0.5) is 5.69 Å². The average molecular weight is 304 g/mol. The van der Waals surface area contributed by atoms with Gasteiger partial charge in [0.25, 0.3) is 0 Å². The van der Waals surface area contributed by atoms with Crippen LogP contribution in [0.5, 0.6) is 0 Å². The molecule has 0 aromatic heterocycles. The number of halogens is 2. The average Bonchev–Trinajstić information content (AvgIpc) is 2.59. The minimum Gasteiger partial charge on any atom is -0.274 e. The van der Waals surface area contributed by atoms with Crippen molar-refractivity contribution in [3.05, 3.63) is 28.2 Å².